The second kappa shape index (κ2) is 6.53. The molecule has 0 saturated carbocycles. The SMILES string of the molecule is O=C(Nc1ccc2sccc2c1)C1CCCN1S(=O)(=O)c1cccs1. The maximum absolute atomic E-state index is 12.8. The number of sulfonamides is 1. The van der Waals surface area contributed by atoms with E-state index in [1.807, 2.05) is 29.6 Å². The van der Waals surface area contributed by atoms with Gasteiger partial charge < -0.3 is 5.32 Å². The fourth-order valence-corrected chi connectivity index (χ4v) is 6.63. The lowest BCUT2D eigenvalue weighted by Gasteiger charge is -2.22. The minimum atomic E-state index is -3.61. The number of nitrogens with zero attached hydrogens (tertiary/aromatic N) is 1. The predicted molar refractivity (Wildman–Crippen MR) is 102 cm³/mol. The molecule has 25 heavy (non-hydrogen) atoms. The Morgan fingerprint density at radius 3 is 2.84 bits per heavy atom. The van der Waals surface area contributed by atoms with Crippen molar-refractivity contribution in [3.05, 3.63) is 47.2 Å². The highest BCUT2D eigenvalue weighted by Crippen LogP contribution is 2.30. The molecule has 2 aromatic heterocycles. The highest BCUT2D eigenvalue weighted by atomic mass is 32.2. The summed E-state index contributed by atoms with van der Waals surface area (Å²) in [5.41, 5.74) is 0.691. The molecule has 1 saturated heterocycles. The Balaban J connectivity index is 1.56. The predicted octanol–water partition coefficient (Wildman–Crippen LogP) is 3.75. The molecule has 5 nitrogen and oxygen atoms in total. The van der Waals surface area contributed by atoms with Gasteiger partial charge in [-0.05, 0) is 59.3 Å². The van der Waals surface area contributed by atoms with Gasteiger partial charge in [0.05, 0.1) is 0 Å². The van der Waals surface area contributed by atoms with Crippen molar-refractivity contribution in [2.45, 2.75) is 23.1 Å². The maximum atomic E-state index is 12.8. The van der Waals surface area contributed by atoms with Crippen LogP contribution in [0.3, 0.4) is 0 Å². The first-order chi connectivity index (χ1) is 12.1. The second-order valence-corrected chi connectivity index (χ2v) is 9.88. The van der Waals surface area contributed by atoms with Gasteiger partial charge in [0.1, 0.15) is 10.3 Å². The van der Waals surface area contributed by atoms with E-state index in [1.165, 1.54) is 15.6 Å². The van der Waals surface area contributed by atoms with Gasteiger partial charge in [-0.3, -0.25) is 4.79 Å². The first-order valence-corrected chi connectivity index (χ1v) is 11.1. The van der Waals surface area contributed by atoms with Crippen LogP contribution in [-0.4, -0.2) is 31.2 Å². The smallest absolute Gasteiger partial charge is 0.253 e. The number of anilines is 1. The van der Waals surface area contributed by atoms with E-state index >= 15 is 0 Å². The van der Waals surface area contributed by atoms with Gasteiger partial charge >= 0.3 is 0 Å². The molecule has 1 aromatic carbocycles. The van der Waals surface area contributed by atoms with Gasteiger partial charge in [0.15, 0.2) is 0 Å². The van der Waals surface area contributed by atoms with E-state index < -0.39 is 16.1 Å². The maximum Gasteiger partial charge on any atom is 0.253 e. The Hall–Kier alpha value is -1.74. The summed E-state index contributed by atoms with van der Waals surface area (Å²) in [4.78, 5) is 12.7. The van der Waals surface area contributed by atoms with Gasteiger partial charge in [-0.25, -0.2) is 8.42 Å². The van der Waals surface area contributed by atoms with Gasteiger partial charge in [-0.2, -0.15) is 4.31 Å². The van der Waals surface area contributed by atoms with Crippen LogP contribution >= 0.6 is 22.7 Å². The van der Waals surface area contributed by atoms with Crippen LogP contribution in [0.5, 0.6) is 0 Å². The monoisotopic (exact) mass is 392 g/mol. The number of carbonyl (C=O) groups excluding carboxylic acids is 1. The molecular weight excluding hydrogens is 376 g/mol. The average Bonchev–Trinajstić information content (AvgIpc) is 3.33. The topological polar surface area (TPSA) is 66.5 Å². The van der Waals surface area contributed by atoms with Crippen LogP contribution in [0.25, 0.3) is 10.1 Å². The number of amides is 1. The Morgan fingerprint density at radius 1 is 1.16 bits per heavy atom. The first kappa shape index (κ1) is 16.7. The fraction of sp³-hybridized carbons (Fsp3) is 0.235. The van der Waals surface area contributed by atoms with Crippen LogP contribution in [0.2, 0.25) is 0 Å². The minimum Gasteiger partial charge on any atom is -0.325 e. The van der Waals surface area contributed by atoms with Crippen molar-refractivity contribution >= 4 is 54.4 Å². The molecule has 1 unspecified atom stereocenters. The number of fused-ring (bicyclic) bond motifs is 1. The summed E-state index contributed by atoms with van der Waals surface area (Å²) in [6.07, 6.45) is 1.23. The van der Waals surface area contributed by atoms with Gasteiger partial charge in [0, 0.05) is 16.9 Å². The molecule has 8 heteroatoms. The van der Waals surface area contributed by atoms with Crippen molar-refractivity contribution < 1.29 is 13.2 Å². The van der Waals surface area contributed by atoms with E-state index in [4.69, 9.17) is 0 Å². The van der Waals surface area contributed by atoms with E-state index in [0.717, 1.165) is 10.1 Å². The fourth-order valence-electron chi connectivity index (χ4n) is 3.09. The highest BCUT2D eigenvalue weighted by molar-refractivity contribution is 7.91. The Morgan fingerprint density at radius 2 is 2.04 bits per heavy atom. The summed E-state index contributed by atoms with van der Waals surface area (Å²) in [6.45, 7) is 0.377. The number of nitrogens with one attached hydrogen (secondary N) is 1. The molecule has 0 radical (unpaired) electrons. The van der Waals surface area contributed by atoms with Crippen molar-refractivity contribution in [3.8, 4) is 0 Å². The highest BCUT2D eigenvalue weighted by Gasteiger charge is 2.39. The summed E-state index contributed by atoms with van der Waals surface area (Å²) in [5.74, 6) is -0.271. The third kappa shape index (κ3) is 3.10. The Labute approximate surface area is 154 Å². The molecule has 1 aliphatic rings. The van der Waals surface area contributed by atoms with Crippen LogP contribution in [0.15, 0.2) is 51.4 Å². The number of hydrogen-bond donors (Lipinski definition) is 1. The van der Waals surface area contributed by atoms with E-state index in [9.17, 15) is 13.2 Å². The lowest BCUT2D eigenvalue weighted by atomic mass is 10.2. The van der Waals surface area contributed by atoms with Crippen molar-refractivity contribution in [3.63, 3.8) is 0 Å². The summed E-state index contributed by atoms with van der Waals surface area (Å²) < 4.78 is 28.3. The second-order valence-electron chi connectivity index (χ2n) is 5.87. The average molecular weight is 393 g/mol. The van der Waals surface area contributed by atoms with E-state index in [0.29, 0.717) is 25.1 Å². The van der Waals surface area contributed by atoms with Crippen LogP contribution in [-0.2, 0) is 14.8 Å². The molecule has 1 fully saturated rings. The molecular formula is C17H16N2O3S3. The summed E-state index contributed by atoms with van der Waals surface area (Å²) in [5, 5.41) is 7.68. The first-order valence-electron chi connectivity index (χ1n) is 7.89. The summed E-state index contributed by atoms with van der Waals surface area (Å²) in [6, 6.07) is 10.4. The molecule has 0 bridgehead atoms. The number of rotatable bonds is 4. The van der Waals surface area contributed by atoms with Gasteiger partial charge in [0.2, 0.25) is 5.91 Å². The molecule has 1 amide bonds. The molecule has 3 heterocycles. The molecule has 1 N–H and O–H groups in total. The molecule has 3 aromatic rings. The largest absolute Gasteiger partial charge is 0.325 e. The van der Waals surface area contributed by atoms with Crippen LogP contribution in [0.1, 0.15) is 12.8 Å². The molecule has 0 aliphatic carbocycles. The molecule has 4 rings (SSSR count). The number of thiophene rings is 2. The van der Waals surface area contributed by atoms with Crippen LogP contribution in [0, 0.1) is 0 Å². The van der Waals surface area contributed by atoms with Crippen molar-refractivity contribution in [2.75, 3.05) is 11.9 Å². The zero-order valence-corrected chi connectivity index (χ0v) is 15.7. The number of carbonyl (C=O) groups is 1. The zero-order valence-electron chi connectivity index (χ0n) is 13.2. The number of benzene rings is 1. The van der Waals surface area contributed by atoms with Crippen molar-refractivity contribution in [1.29, 1.82) is 0 Å². The number of hydrogen-bond acceptors (Lipinski definition) is 5. The van der Waals surface area contributed by atoms with Crippen LogP contribution in [0.4, 0.5) is 5.69 Å². The quantitative estimate of drug-likeness (QED) is 0.735. The van der Waals surface area contributed by atoms with E-state index in [-0.39, 0.29) is 10.1 Å². The van der Waals surface area contributed by atoms with Crippen molar-refractivity contribution in [2.24, 2.45) is 0 Å². The molecule has 0 spiro atoms. The standard InChI is InChI=1S/C17H16N2O3S3/c20-17(18-13-5-6-15-12(11-13)7-10-23-15)14-3-1-8-19(14)25(21,22)16-4-2-9-24-16/h2,4-7,9-11,14H,1,3,8H2,(H,18,20). The Kier molecular flexibility index (Phi) is 4.36. The van der Waals surface area contributed by atoms with Crippen molar-refractivity contribution in [1.82, 2.24) is 4.31 Å². The van der Waals surface area contributed by atoms with Gasteiger partial charge in [-0.1, -0.05) is 6.07 Å². The molecule has 1 aliphatic heterocycles. The van der Waals surface area contributed by atoms with Gasteiger partial charge in [-0.15, -0.1) is 22.7 Å². The third-order valence-electron chi connectivity index (χ3n) is 4.28. The van der Waals surface area contributed by atoms with E-state index in [1.54, 1.807) is 28.8 Å². The Bertz CT molecular complexity index is 1010. The zero-order chi connectivity index (χ0) is 17.4. The lowest BCUT2D eigenvalue weighted by molar-refractivity contribution is -0.119. The summed E-state index contributed by atoms with van der Waals surface area (Å²) >= 11 is 2.82. The minimum absolute atomic E-state index is 0.271. The third-order valence-corrected chi connectivity index (χ3v) is 8.46. The molecule has 130 valence electrons. The normalized spacial score (nSPS) is 18.6. The summed E-state index contributed by atoms with van der Waals surface area (Å²) in [7, 11) is -3.61. The van der Waals surface area contributed by atoms with Gasteiger partial charge in [0.25, 0.3) is 10.0 Å². The lowest BCUT2D eigenvalue weighted by Crippen LogP contribution is -2.42. The van der Waals surface area contributed by atoms with E-state index in [2.05, 4.69) is 5.32 Å². The van der Waals surface area contributed by atoms with Crippen LogP contribution < -0.4 is 5.32 Å². The molecule has 1 atom stereocenters.